The van der Waals surface area contributed by atoms with E-state index in [4.69, 9.17) is 0 Å². The molecule has 0 fully saturated rings. The topological polar surface area (TPSA) is 57.2 Å². The van der Waals surface area contributed by atoms with Gasteiger partial charge in [-0.15, -0.1) is 0 Å². The van der Waals surface area contributed by atoms with Gasteiger partial charge in [0.05, 0.1) is 5.56 Å². The zero-order chi connectivity index (χ0) is 14.1. The first-order valence-electron chi connectivity index (χ1n) is 6.10. The van der Waals surface area contributed by atoms with Gasteiger partial charge < -0.3 is 10.3 Å². The standard InChI is InChI=1S/C15H19N3O/c1-4-6-7-10-17-15(19)13-9-11-16-14(13)18-12(3)8-5-2/h4-9,11,16H,1,10H2,2-3H3,(H,17,19)/b7-6-,8-5+,18-12-. The Bertz CT molecular complexity index is 521. The number of aromatic nitrogens is 1. The molecule has 4 heteroatoms. The predicted octanol–water partition coefficient (Wildman–Crippen LogP) is 3.16. The number of hydrogen-bond acceptors (Lipinski definition) is 2. The molecule has 0 saturated heterocycles. The predicted molar refractivity (Wildman–Crippen MR) is 80.0 cm³/mol. The summed E-state index contributed by atoms with van der Waals surface area (Å²) in [5.41, 5.74) is 1.38. The lowest BCUT2D eigenvalue weighted by molar-refractivity contribution is 0.0959. The second kappa shape index (κ2) is 7.87. The number of rotatable bonds is 6. The molecular weight excluding hydrogens is 238 g/mol. The van der Waals surface area contributed by atoms with Gasteiger partial charge in [0, 0.05) is 18.5 Å². The van der Waals surface area contributed by atoms with E-state index in [0.29, 0.717) is 17.9 Å². The molecule has 0 bridgehead atoms. The van der Waals surface area contributed by atoms with Gasteiger partial charge in [-0.05, 0) is 26.0 Å². The third-order valence-corrected chi connectivity index (χ3v) is 2.32. The van der Waals surface area contributed by atoms with Gasteiger partial charge in [0.2, 0.25) is 0 Å². The summed E-state index contributed by atoms with van der Waals surface area (Å²) in [6, 6.07) is 1.72. The molecule has 0 unspecified atom stereocenters. The van der Waals surface area contributed by atoms with Crippen molar-refractivity contribution >= 4 is 17.4 Å². The van der Waals surface area contributed by atoms with Crippen molar-refractivity contribution < 1.29 is 4.79 Å². The Morgan fingerprint density at radius 2 is 2.37 bits per heavy atom. The summed E-state index contributed by atoms with van der Waals surface area (Å²) in [7, 11) is 0. The van der Waals surface area contributed by atoms with Crippen LogP contribution < -0.4 is 5.32 Å². The van der Waals surface area contributed by atoms with E-state index in [-0.39, 0.29) is 5.91 Å². The summed E-state index contributed by atoms with van der Waals surface area (Å²) in [6.45, 7) is 7.84. The molecule has 1 rings (SSSR count). The normalized spacial score (nSPS) is 12.2. The van der Waals surface area contributed by atoms with Gasteiger partial charge in [0.15, 0.2) is 0 Å². The highest BCUT2D eigenvalue weighted by molar-refractivity contribution is 6.01. The maximum absolute atomic E-state index is 12.0. The number of nitrogens with zero attached hydrogens (tertiary/aromatic N) is 1. The molecule has 1 amide bonds. The Morgan fingerprint density at radius 1 is 1.58 bits per heavy atom. The second-order valence-electron chi connectivity index (χ2n) is 3.87. The average Bonchev–Trinajstić information content (AvgIpc) is 2.83. The van der Waals surface area contributed by atoms with Gasteiger partial charge in [-0.3, -0.25) is 4.79 Å². The lowest BCUT2D eigenvalue weighted by Gasteiger charge is -2.01. The van der Waals surface area contributed by atoms with Crippen LogP contribution in [0.1, 0.15) is 24.2 Å². The molecule has 2 N–H and O–H groups in total. The second-order valence-corrected chi connectivity index (χ2v) is 3.87. The zero-order valence-electron chi connectivity index (χ0n) is 11.3. The monoisotopic (exact) mass is 257 g/mol. The van der Waals surface area contributed by atoms with E-state index in [2.05, 4.69) is 21.9 Å². The van der Waals surface area contributed by atoms with Crippen molar-refractivity contribution in [1.29, 1.82) is 0 Å². The SMILES string of the molecule is C=C/C=C\CNC(=O)c1cc[nH]c1/N=C(C)\C=C\C. The third kappa shape index (κ3) is 4.79. The minimum absolute atomic E-state index is 0.151. The number of hydrogen-bond donors (Lipinski definition) is 2. The largest absolute Gasteiger partial charge is 0.348 e. The fraction of sp³-hybridized carbons (Fsp3) is 0.200. The molecule has 1 aromatic heterocycles. The fourth-order valence-corrected chi connectivity index (χ4v) is 1.50. The van der Waals surface area contributed by atoms with Gasteiger partial charge in [-0.25, -0.2) is 4.99 Å². The Morgan fingerprint density at radius 3 is 3.05 bits per heavy atom. The Balaban J connectivity index is 2.76. The van der Waals surface area contributed by atoms with Gasteiger partial charge in [0.25, 0.3) is 5.91 Å². The number of aliphatic imine (C=N–C) groups is 1. The van der Waals surface area contributed by atoms with Crippen molar-refractivity contribution in [3.63, 3.8) is 0 Å². The van der Waals surface area contributed by atoms with Crippen LogP contribution in [0.2, 0.25) is 0 Å². The number of carbonyl (C=O) groups excluding carboxylic acids is 1. The zero-order valence-corrected chi connectivity index (χ0v) is 11.3. The number of allylic oxidation sites excluding steroid dienone is 4. The lowest BCUT2D eigenvalue weighted by atomic mass is 10.3. The molecule has 0 atom stereocenters. The minimum Gasteiger partial charge on any atom is -0.348 e. The van der Waals surface area contributed by atoms with E-state index < -0.39 is 0 Å². The molecule has 1 aromatic rings. The fourth-order valence-electron chi connectivity index (χ4n) is 1.50. The summed E-state index contributed by atoms with van der Waals surface area (Å²) in [5, 5.41) is 2.78. The average molecular weight is 257 g/mol. The maximum atomic E-state index is 12.0. The van der Waals surface area contributed by atoms with Crippen LogP contribution >= 0.6 is 0 Å². The molecule has 19 heavy (non-hydrogen) atoms. The summed E-state index contributed by atoms with van der Waals surface area (Å²) in [5.74, 6) is 0.419. The van der Waals surface area contributed by atoms with Gasteiger partial charge in [-0.1, -0.05) is 30.9 Å². The molecule has 4 nitrogen and oxygen atoms in total. The molecule has 1 heterocycles. The van der Waals surface area contributed by atoms with Crippen molar-refractivity contribution in [3.05, 3.63) is 54.8 Å². The first kappa shape index (κ1) is 14.7. The van der Waals surface area contributed by atoms with Crippen LogP contribution in [0.3, 0.4) is 0 Å². The van der Waals surface area contributed by atoms with Crippen LogP contribution in [-0.2, 0) is 0 Å². The summed E-state index contributed by atoms with van der Waals surface area (Å²) >= 11 is 0. The Hall–Kier alpha value is -2.36. The summed E-state index contributed by atoms with van der Waals surface area (Å²) in [6.07, 6.45) is 10.8. The molecule has 0 aliphatic heterocycles. The van der Waals surface area contributed by atoms with Crippen LogP contribution in [-0.4, -0.2) is 23.1 Å². The van der Waals surface area contributed by atoms with E-state index in [1.807, 2.05) is 32.1 Å². The number of nitrogens with one attached hydrogen (secondary N) is 2. The summed E-state index contributed by atoms with van der Waals surface area (Å²) < 4.78 is 0. The van der Waals surface area contributed by atoms with Crippen molar-refractivity contribution in [3.8, 4) is 0 Å². The molecule has 100 valence electrons. The highest BCUT2D eigenvalue weighted by Gasteiger charge is 2.10. The van der Waals surface area contributed by atoms with Gasteiger partial charge >= 0.3 is 0 Å². The maximum Gasteiger partial charge on any atom is 0.255 e. The third-order valence-electron chi connectivity index (χ3n) is 2.32. The highest BCUT2D eigenvalue weighted by atomic mass is 16.1. The molecule has 0 spiro atoms. The van der Waals surface area contributed by atoms with Crippen LogP contribution in [0.5, 0.6) is 0 Å². The summed E-state index contributed by atoms with van der Waals surface area (Å²) in [4.78, 5) is 19.3. The van der Waals surface area contributed by atoms with E-state index >= 15 is 0 Å². The van der Waals surface area contributed by atoms with Gasteiger partial charge in [-0.2, -0.15) is 0 Å². The number of H-pyrrole nitrogens is 1. The molecule has 0 radical (unpaired) electrons. The molecule has 0 saturated carbocycles. The van der Waals surface area contributed by atoms with E-state index in [1.54, 1.807) is 24.4 Å². The molecule has 0 aliphatic carbocycles. The van der Waals surface area contributed by atoms with E-state index in [0.717, 1.165) is 5.71 Å². The first-order valence-corrected chi connectivity index (χ1v) is 6.10. The molecule has 0 aliphatic rings. The van der Waals surface area contributed by atoms with Crippen LogP contribution in [0.4, 0.5) is 5.82 Å². The van der Waals surface area contributed by atoms with Crippen molar-refractivity contribution in [2.24, 2.45) is 4.99 Å². The van der Waals surface area contributed by atoms with Crippen molar-refractivity contribution in [1.82, 2.24) is 10.3 Å². The Labute approximate surface area is 113 Å². The lowest BCUT2D eigenvalue weighted by Crippen LogP contribution is -2.22. The smallest absolute Gasteiger partial charge is 0.255 e. The molecular formula is C15H19N3O. The van der Waals surface area contributed by atoms with Gasteiger partial charge in [0.1, 0.15) is 5.82 Å². The molecule has 0 aromatic carbocycles. The first-order chi connectivity index (χ1) is 9.19. The number of carbonyl (C=O) groups is 1. The highest BCUT2D eigenvalue weighted by Crippen LogP contribution is 2.16. The number of aromatic amines is 1. The van der Waals surface area contributed by atoms with Crippen LogP contribution in [0.15, 0.2) is 54.2 Å². The van der Waals surface area contributed by atoms with E-state index in [9.17, 15) is 4.79 Å². The van der Waals surface area contributed by atoms with Crippen molar-refractivity contribution in [2.75, 3.05) is 6.54 Å². The quantitative estimate of drug-likeness (QED) is 0.597. The number of amides is 1. The van der Waals surface area contributed by atoms with E-state index in [1.165, 1.54) is 0 Å². The van der Waals surface area contributed by atoms with Crippen LogP contribution in [0.25, 0.3) is 0 Å². The van der Waals surface area contributed by atoms with Crippen molar-refractivity contribution in [2.45, 2.75) is 13.8 Å². The Kier molecular flexibility index (Phi) is 6.09. The van der Waals surface area contributed by atoms with Crippen LogP contribution in [0, 0.1) is 0 Å². The minimum atomic E-state index is -0.151.